The van der Waals surface area contributed by atoms with Gasteiger partial charge in [0.15, 0.2) is 5.43 Å². The number of rotatable bonds is 6. The molecule has 1 fully saturated rings. The normalized spacial score (nSPS) is 16.8. The maximum absolute atomic E-state index is 13.3. The fourth-order valence-corrected chi connectivity index (χ4v) is 4.46. The Morgan fingerprint density at radius 1 is 1.15 bits per heavy atom. The van der Waals surface area contributed by atoms with Gasteiger partial charge in [-0.05, 0) is 64.7 Å². The fourth-order valence-electron chi connectivity index (χ4n) is 4.46. The van der Waals surface area contributed by atoms with Gasteiger partial charge in [0.1, 0.15) is 6.54 Å². The number of pyridine rings is 1. The zero-order valence-corrected chi connectivity index (χ0v) is 16.8. The monoisotopic (exact) mass is 356 g/mol. The lowest BCUT2D eigenvalue weighted by Crippen LogP contribution is -3.12. The molecular weight excluding hydrogens is 322 g/mol. The summed E-state index contributed by atoms with van der Waals surface area (Å²) in [4.78, 5) is 20.5. The average molecular weight is 357 g/mol. The van der Waals surface area contributed by atoms with E-state index in [4.69, 9.17) is 0 Å². The van der Waals surface area contributed by atoms with Gasteiger partial charge in [-0.1, -0.05) is 6.42 Å². The molecule has 1 saturated carbocycles. The van der Waals surface area contributed by atoms with Crippen molar-refractivity contribution in [1.29, 1.82) is 0 Å². The molecule has 0 spiro atoms. The number of aromatic amines is 1. The van der Waals surface area contributed by atoms with Gasteiger partial charge < -0.3 is 14.8 Å². The van der Waals surface area contributed by atoms with E-state index in [0.717, 1.165) is 47.5 Å². The summed E-state index contributed by atoms with van der Waals surface area (Å²) >= 11 is 0. The molecule has 4 heteroatoms. The Kier molecular flexibility index (Phi) is 6.02. The standard InChI is InChI=1S/C22H33N3O/c1-5-25(6-2)18-12-13-21-19(14-18)22(26)20(16(3)23-21)15-24(4)17-10-8-7-9-11-17/h12-14,17H,5-11,15H2,1-4H3,(H,23,26)/p+1. The first-order valence-electron chi connectivity index (χ1n) is 10.3. The zero-order chi connectivity index (χ0) is 18.7. The van der Waals surface area contributed by atoms with Crippen molar-refractivity contribution >= 4 is 16.6 Å². The third-order valence-electron chi connectivity index (χ3n) is 6.18. The average Bonchev–Trinajstić information content (AvgIpc) is 2.67. The van der Waals surface area contributed by atoms with Crippen LogP contribution >= 0.6 is 0 Å². The lowest BCUT2D eigenvalue weighted by molar-refractivity contribution is -0.921. The van der Waals surface area contributed by atoms with Gasteiger partial charge in [-0.25, -0.2) is 0 Å². The molecule has 2 N–H and O–H groups in total. The number of hydrogen-bond acceptors (Lipinski definition) is 2. The van der Waals surface area contributed by atoms with E-state index >= 15 is 0 Å². The van der Waals surface area contributed by atoms with Crippen LogP contribution in [0.1, 0.15) is 57.2 Å². The number of hydrogen-bond donors (Lipinski definition) is 2. The second-order valence-electron chi connectivity index (χ2n) is 7.82. The maximum Gasteiger partial charge on any atom is 0.198 e. The molecule has 0 bridgehead atoms. The summed E-state index contributed by atoms with van der Waals surface area (Å²) in [5, 5.41) is 0.825. The number of nitrogens with one attached hydrogen (secondary N) is 2. The molecular formula is C22H34N3O+. The molecule has 0 aliphatic heterocycles. The fraction of sp³-hybridized carbons (Fsp3) is 0.591. The molecule has 1 heterocycles. The summed E-state index contributed by atoms with van der Waals surface area (Å²) in [6, 6.07) is 6.93. The Hall–Kier alpha value is -1.81. The minimum absolute atomic E-state index is 0.209. The van der Waals surface area contributed by atoms with Gasteiger partial charge in [0.25, 0.3) is 0 Å². The molecule has 2 aromatic rings. The largest absolute Gasteiger partial charge is 0.372 e. The number of quaternary nitrogens is 1. The van der Waals surface area contributed by atoms with Crippen LogP contribution in [-0.2, 0) is 6.54 Å². The Morgan fingerprint density at radius 3 is 2.50 bits per heavy atom. The summed E-state index contributed by atoms with van der Waals surface area (Å²) in [5.41, 5.74) is 4.27. The van der Waals surface area contributed by atoms with E-state index in [1.54, 1.807) is 0 Å². The lowest BCUT2D eigenvalue weighted by Gasteiger charge is -2.28. The lowest BCUT2D eigenvalue weighted by atomic mass is 9.94. The Balaban J connectivity index is 1.95. The first kappa shape index (κ1) is 19.0. The summed E-state index contributed by atoms with van der Waals surface area (Å²) in [7, 11) is 2.26. The van der Waals surface area contributed by atoms with E-state index < -0.39 is 0 Å². The predicted octanol–water partition coefficient (Wildman–Crippen LogP) is 3.03. The van der Waals surface area contributed by atoms with Crippen LogP contribution < -0.4 is 15.2 Å². The third-order valence-corrected chi connectivity index (χ3v) is 6.18. The first-order chi connectivity index (χ1) is 12.5. The van der Waals surface area contributed by atoms with Crippen LogP contribution in [0.2, 0.25) is 0 Å². The van der Waals surface area contributed by atoms with Gasteiger partial charge in [0.05, 0.1) is 18.7 Å². The number of aryl methyl sites for hydroxylation is 1. The van der Waals surface area contributed by atoms with Crippen molar-refractivity contribution in [1.82, 2.24) is 4.98 Å². The maximum atomic E-state index is 13.3. The first-order valence-corrected chi connectivity index (χ1v) is 10.3. The van der Waals surface area contributed by atoms with Gasteiger partial charge in [0, 0.05) is 35.4 Å². The van der Waals surface area contributed by atoms with Crippen LogP contribution in [0.3, 0.4) is 0 Å². The van der Waals surface area contributed by atoms with Crippen molar-refractivity contribution in [3.8, 4) is 0 Å². The Morgan fingerprint density at radius 2 is 1.85 bits per heavy atom. The summed E-state index contributed by atoms with van der Waals surface area (Å²) in [6.45, 7) is 9.07. The molecule has 4 nitrogen and oxygen atoms in total. The molecule has 1 atom stereocenters. The van der Waals surface area contributed by atoms with Crippen molar-refractivity contribution in [3.63, 3.8) is 0 Å². The molecule has 0 amide bonds. The molecule has 26 heavy (non-hydrogen) atoms. The molecule has 1 aliphatic carbocycles. The SMILES string of the molecule is CCN(CC)c1ccc2[nH]c(C)c(C[NH+](C)C3CCCCC3)c(=O)c2c1. The van der Waals surface area contributed by atoms with Gasteiger partial charge in [-0.2, -0.15) is 0 Å². The zero-order valence-electron chi connectivity index (χ0n) is 16.8. The second-order valence-corrected chi connectivity index (χ2v) is 7.82. The summed E-state index contributed by atoms with van der Waals surface area (Å²) in [5.74, 6) is 0. The van der Waals surface area contributed by atoms with Crippen LogP contribution in [0.25, 0.3) is 10.9 Å². The van der Waals surface area contributed by atoms with E-state index in [0.29, 0.717) is 6.04 Å². The van der Waals surface area contributed by atoms with Gasteiger partial charge in [-0.3, -0.25) is 4.79 Å². The van der Waals surface area contributed by atoms with Gasteiger partial charge in [0.2, 0.25) is 0 Å². The molecule has 0 saturated heterocycles. The van der Waals surface area contributed by atoms with E-state index in [1.165, 1.54) is 37.0 Å². The number of anilines is 1. The number of H-pyrrole nitrogens is 1. The van der Waals surface area contributed by atoms with E-state index in [1.807, 2.05) is 6.92 Å². The second kappa shape index (κ2) is 8.26. The molecule has 1 unspecified atom stereocenters. The van der Waals surface area contributed by atoms with Crippen LogP contribution in [0.15, 0.2) is 23.0 Å². The topological polar surface area (TPSA) is 40.5 Å². The van der Waals surface area contributed by atoms with Gasteiger partial charge in [-0.15, -0.1) is 0 Å². The van der Waals surface area contributed by atoms with E-state index in [2.05, 4.69) is 49.0 Å². The van der Waals surface area contributed by atoms with Crippen LogP contribution in [0.5, 0.6) is 0 Å². The molecule has 1 aromatic heterocycles. The highest BCUT2D eigenvalue weighted by Gasteiger charge is 2.23. The third kappa shape index (κ3) is 3.80. The highest BCUT2D eigenvalue weighted by atomic mass is 16.1. The van der Waals surface area contributed by atoms with Gasteiger partial charge >= 0.3 is 0 Å². The Labute approximate surface area is 157 Å². The molecule has 3 rings (SSSR count). The van der Waals surface area contributed by atoms with Crippen molar-refractivity contribution < 1.29 is 4.90 Å². The molecule has 0 radical (unpaired) electrons. The Bertz CT molecular complexity index is 801. The highest BCUT2D eigenvalue weighted by molar-refractivity contribution is 5.83. The molecule has 142 valence electrons. The highest BCUT2D eigenvalue weighted by Crippen LogP contribution is 2.20. The predicted molar refractivity (Wildman–Crippen MR) is 110 cm³/mol. The van der Waals surface area contributed by atoms with Crippen molar-refractivity contribution in [2.45, 2.75) is 65.5 Å². The number of benzene rings is 1. The van der Waals surface area contributed by atoms with Crippen LogP contribution in [0.4, 0.5) is 5.69 Å². The summed E-state index contributed by atoms with van der Waals surface area (Å²) < 4.78 is 0. The van der Waals surface area contributed by atoms with Crippen molar-refractivity contribution in [2.75, 3.05) is 25.0 Å². The molecule has 1 aromatic carbocycles. The minimum Gasteiger partial charge on any atom is -0.372 e. The number of nitrogens with zero attached hydrogens (tertiary/aromatic N) is 1. The van der Waals surface area contributed by atoms with E-state index in [9.17, 15) is 4.79 Å². The van der Waals surface area contributed by atoms with Crippen molar-refractivity contribution in [2.24, 2.45) is 0 Å². The van der Waals surface area contributed by atoms with Crippen LogP contribution in [0, 0.1) is 6.92 Å². The summed E-state index contributed by atoms with van der Waals surface area (Å²) in [6.07, 6.45) is 6.63. The smallest absolute Gasteiger partial charge is 0.198 e. The number of aromatic nitrogens is 1. The molecule has 1 aliphatic rings. The minimum atomic E-state index is 0.209. The van der Waals surface area contributed by atoms with Crippen LogP contribution in [-0.4, -0.2) is 31.2 Å². The van der Waals surface area contributed by atoms with E-state index in [-0.39, 0.29) is 5.43 Å². The van der Waals surface area contributed by atoms with Crippen molar-refractivity contribution in [3.05, 3.63) is 39.7 Å². The number of fused-ring (bicyclic) bond motifs is 1. The quantitative estimate of drug-likeness (QED) is 0.835.